The van der Waals surface area contributed by atoms with Gasteiger partial charge < -0.3 is 15.7 Å². The molecule has 2 saturated carbocycles. The molecule has 0 saturated heterocycles. The number of carbonyl (C=O) groups is 2. The van der Waals surface area contributed by atoms with Crippen molar-refractivity contribution in [3.63, 3.8) is 0 Å². The Labute approximate surface area is 155 Å². The van der Waals surface area contributed by atoms with Crippen LogP contribution in [0, 0.1) is 0 Å². The molecular weight excluding hydrogens is 330 g/mol. The van der Waals surface area contributed by atoms with Crippen LogP contribution >= 0.6 is 0 Å². The summed E-state index contributed by atoms with van der Waals surface area (Å²) < 4.78 is 0. The van der Waals surface area contributed by atoms with Gasteiger partial charge in [-0.2, -0.15) is 0 Å². The Kier molecular flexibility index (Phi) is 5.81. The van der Waals surface area contributed by atoms with Gasteiger partial charge in [0.15, 0.2) is 0 Å². The molecule has 0 atom stereocenters. The summed E-state index contributed by atoms with van der Waals surface area (Å²) in [5, 5.41) is 15.0. The Balaban J connectivity index is 1.42. The van der Waals surface area contributed by atoms with Gasteiger partial charge in [-0.3, -0.25) is 9.69 Å². The lowest BCUT2D eigenvalue weighted by Crippen LogP contribution is -2.57. The minimum absolute atomic E-state index is 0.0691. The van der Waals surface area contributed by atoms with Gasteiger partial charge in [0, 0.05) is 24.0 Å². The molecule has 0 aromatic heterocycles. The molecule has 0 unspecified atom stereocenters. The number of aliphatic carboxylic acids is 1. The number of carbonyl (C=O) groups excluding carboxylic acids is 1. The van der Waals surface area contributed by atoms with Crippen molar-refractivity contribution in [3.05, 3.63) is 35.9 Å². The second-order valence-electron chi connectivity index (χ2n) is 7.61. The summed E-state index contributed by atoms with van der Waals surface area (Å²) in [5.74, 6) is -0.798. The minimum Gasteiger partial charge on any atom is -0.480 e. The maximum Gasteiger partial charge on any atom is 0.317 e. The maximum absolute atomic E-state index is 12.3. The Hall–Kier alpha value is -2.08. The highest BCUT2D eigenvalue weighted by Crippen LogP contribution is 2.43. The Morgan fingerprint density at radius 1 is 1.23 bits per heavy atom. The molecule has 3 rings (SSSR count). The number of benzene rings is 1. The van der Waals surface area contributed by atoms with E-state index >= 15 is 0 Å². The third-order valence-corrected chi connectivity index (χ3v) is 5.99. The quantitative estimate of drug-likeness (QED) is 0.665. The number of hydrogen-bond donors (Lipinski definition) is 3. The Bertz CT molecular complexity index is 624. The first-order chi connectivity index (χ1) is 12.5. The minimum atomic E-state index is -0.798. The fraction of sp³-hybridized carbons (Fsp3) is 0.600. The number of urea groups is 1. The van der Waals surface area contributed by atoms with Crippen LogP contribution < -0.4 is 10.6 Å². The number of carboxylic acid groups (broad SMARTS) is 1. The fourth-order valence-electron chi connectivity index (χ4n) is 4.13. The molecule has 0 heterocycles. The molecule has 6 nitrogen and oxygen atoms in total. The van der Waals surface area contributed by atoms with Gasteiger partial charge in [-0.1, -0.05) is 43.7 Å². The molecule has 0 aliphatic heterocycles. The zero-order valence-corrected chi connectivity index (χ0v) is 15.4. The van der Waals surface area contributed by atoms with Crippen molar-refractivity contribution in [2.75, 3.05) is 19.6 Å². The summed E-state index contributed by atoms with van der Waals surface area (Å²) in [6.07, 6.45) is 5.07. The third kappa shape index (κ3) is 4.18. The first kappa shape index (κ1) is 18.7. The second kappa shape index (κ2) is 8.08. The summed E-state index contributed by atoms with van der Waals surface area (Å²) in [6.45, 7) is 3.42. The lowest BCUT2D eigenvalue weighted by Gasteiger charge is -2.44. The smallest absolute Gasteiger partial charge is 0.317 e. The molecular formula is C20H29N3O3. The van der Waals surface area contributed by atoms with E-state index in [0.717, 1.165) is 32.2 Å². The first-order valence-electron chi connectivity index (χ1n) is 9.58. The second-order valence-corrected chi connectivity index (χ2v) is 7.61. The zero-order valence-electron chi connectivity index (χ0n) is 15.4. The normalized spacial score (nSPS) is 23.6. The van der Waals surface area contributed by atoms with E-state index in [1.165, 1.54) is 12.0 Å². The van der Waals surface area contributed by atoms with Crippen LogP contribution in [0.4, 0.5) is 4.79 Å². The molecule has 2 amide bonds. The molecule has 0 radical (unpaired) electrons. The molecule has 142 valence electrons. The highest BCUT2D eigenvalue weighted by Gasteiger charge is 2.39. The average molecular weight is 359 g/mol. The van der Waals surface area contributed by atoms with Crippen LogP contribution in [-0.4, -0.2) is 53.7 Å². The monoisotopic (exact) mass is 359 g/mol. The number of hydrogen-bond acceptors (Lipinski definition) is 3. The maximum atomic E-state index is 12.3. The summed E-state index contributed by atoms with van der Waals surface area (Å²) in [7, 11) is 0. The van der Waals surface area contributed by atoms with E-state index in [9.17, 15) is 9.59 Å². The van der Waals surface area contributed by atoms with Crippen LogP contribution in [0.5, 0.6) is 0 Å². The highest BCUT2D eigenvalue weighted by molar-refractivity contribution is 5.74. The molecule has 2 aliphatic carbocycles. The summed E-state index contributed by atoms with van der Waals surface area (Å²) in [5.41, 5.74) is 1.39. The van der Waals surface area contributed by atoms with E-state index in [1.54, 1.807) is 0 Å². The van der Waals surface area contributed by atoms with Crippen LogP contribution in [0.15, 0.2) is 30.3 Å². The standard InChI is InChI=1S/C20H29N3O3/c1-2-23(13-18(24)25)17-11-16(12-17)22-19(26)21-14-20(9-6-10-20)15-7-4-3-5-8-15/h3-5,7-8,16-17H,2,6,9-14H2,1H3,(H,24,25)(H2,21,22,26). The van der Waals surface area contributed by atoms with Gasteiger partial charge in [-0.15, -0.1) is 0 Å². The van der Waals surface area contributed by atoms with Crippen molar-refractivity contribution in [3.8, 4) is 0 Å². The lowest BCUT2D eigenvalue weighted by molar-refractivity contribution is -0.139. The van der Waals surface area contributed by atoms with Gasteiger partial charge >= 0.3 is 12.0 Å². The van der Waals surface area contributed by atoms with E-state index in [1.807, 2.05) is 17.9 Å². The molecule has 1 aromatic carbocycles. The predicted molar refractivity (Wildman–Crippen MR) is 100 cm³/mol. The SMILES string of the molecule is CCN(CC(=O)O)C1CC(NC(=O)NCC2(c3ccccc3)CCC2)C1. The zero-order chi connectivity index (χ0) is 18.6. The molecule has 2 fully saturated rings. The van der Waals surface area contributed by atoms with Crippen LogP contribution in [0.2, 0.25) is 0 Å². The van der Waals surface area contributed by atoms with Crippen LogP contribution in [-0.2, 0) is 10.2 Å². The van der Waals surface area contributed by atoms with Crippen molar-refractivity contribution in [1.29, 1.82) is 0 Å². The predicted octanol–water partition coefficient (Wildman–Crippen LogP) is 2.35. The largest absolute Gasteiger partial charge is 0.480 e. The number of likely N-dealkylation sites (N-methyl/N-ethyl adjacent to an activating group) is 1. The molecule has 6 heteroatoms. The van der Waals surface area contributed by atoms with Crippen LogP contribution in [0.3, 0.4) is 0 Å². The molecule has 1 aromatic rings. The van der Waals surface area contributed by atoms with E-state index < -0.39 is 5.97 Å². The van der Waals surface area contributed by atoms with Crippen molar-refractivity contribution in [2.24, 2.45) is 0 Å². The van der Waals surface area contributed by atoms with Gasteiger partial charge in [-0.25, -0.2) is 4.79 Å². The Morgan fingerprint density at radius 2 is 1.92 bits per heavy atom. The van der Waals surface area contributed by atoms with E-state index in [-0.39, 0.29) is 30.1 Å². The van der Waals surface area contributed by atoms with Gasteiger partial charge in [-0.05, 0) is 37.8 Å². The molecule has 26 heavy (non-hydrogen) atoms. The molecule has 2 aliphatic rings. The molecule has 3 N–H and O–H groups in total. The van der Waals surface area contributed by atoms with Crippen LogP contribution in [0.1, 0.15) is 44.6 Å². The van der Waals surface area contributed by atoms with E-state index in [4.69, 9.17) is 5.11 Å². The summed E-state index contributed by atoms with van der Waals surface area (Å²) in [6, 6.07) is 10.7. The number of nitrogens with zero attached hydrogens (tertiary/aromatic N) is 1. The van der Waals surface area contributed by atoms with Gasteiger partial charge in [0.25, 0.3) is 0 Å². The van der Waals surface area contributed by atoms with Gasteiger partial charge in [0.2, 0.25) is 0 Å². The Morgan fingerprint density at radius 3 is 2.46 bits per heavy atom. The first-order valence-corrected chi connectivity index (χ1v) is 9.58. The van der Waals surface area contributed by atoms with Crippen LogP contribution in [0.25, 0.3) is 0 Å². The van der Waals surface area contributed by atoms with Crippen molar-refractivity contribution >= 4 is 12.0 Å². The number of carboxylic acids is 1. The van der Waals surface area contributed by atoms with Gasteiger partial charge in [0.1, 0.15) is 0 Å². The molecule has 0 spiro atoms. The van der Waals surface area contributed by atoms with Crippen molar-refractivity contribution in [2.45, 2.75) is 56.5 Å². The molecule has 0 bridgehead atoms. The lowest BCUT2D eigenvalue weighted by atomic mass is 9.64. The average Bonchev–Trinajstić information content (AvgIpc) is 2.56. The number of rotatable bonds is 8. The third-order valence-electron chi connectivity index (χ3n) is 5.99. The number of amides is 2. The van der Waals surface area contributed by atoms with Gasteiger partial charge in [0.05, 0.1) is 6.54 Å². The fourth-order valence-corrected chi connectivity index (χ4v) is 4.13. The van der Waals surface area contributed by atoms with E-state index in [2.05, 4.69) is 34.9 Å². The summed E-state index contributed by atoms with van der Waals surface area (Å²) in [4.78, 5) is 25.1. The van der Waals surface area contributed by atoms with Crippen molar-refractivity contribution in [1.82, 2.24) is 15.5 Å². The summed E-state index contributed by atoms with van der Waals surface area (Å²) >= 11 is 0. The highest BCUT2D eigenvalue weighted by atomic mass is 16.4. The number of nitrogens with one attached hydrogen (secondary N) is 2. The van der Waals surface area contributed by atoms with Crippen molar-refractivity contribution < 1.29 is 14.7 Å². The topological polar surface area (TPSA) is 81.7 Å². The van der Waals surface area contributed by atoms with E-state index in [0.29, 0.717) is 6.54 Å².